The maximum Gasteiger partial charge on any atom is 0.288 e. The molecule has 0 aromatic carbocycles. The highest BCUT2D eigenvalue weighted by Crippen LogP contribution is 2.27. The summed E-state index contributed by atoms with van der Waals surface area (Å²) in [5.41, 5.74) is 0.104. The molecule has 0 bridgehead atoms. The largest absolute Gasteiger partial charge is 0.370 e. The van der Waals surface area contributed by atoms with Crippen LogP contribution in [0.2, 0.25) is 0 Å². The number of hydrogen-bond acceptors (Lipinski definition) is 5. The lowest BCUT2D eigenvalue weighted by Gasteiger charge is -2.18. The second-order valence-electron chi connectivity index (χ2n) is 5.54. The number of likely N-dealkylation sites (tertiary alicyclic amines) is 1. The molecule has 1 fully saturated rings. The molecular weight excluding hydrogens is 272 g/mol. The van der Waals surface area contributed by atoms with E-state index in [1.165, 1.54) is 12.3 Å². The Bertz CT molecular complexity index is 551. The van der Waals surface area contributed by atoms with Gasteiger partial charge in [0.05, 0.1) is 10.5 Å². The predicted molar refractivity (Wildman–Crippen MR) is 79.3 cm³/mol. The lowest BCUT2D eigenvalue weighted by molar-refractivity contribution is -0.385. The number of rotatable bonds is 4. The zero-order valence-electron chi connectivity index (χ0n) is 12.5. The van der Waals surface area contributed by atoms with Crippen LogP contribution < -0.4 is 5.32 Å². The van der Waals surface area contributed by atoms with Gasteiger partial charge in [-0.25, -0.2) is 4.98 Å². The third-order valence-electron chi connectivity index (χ3n) is 3.93. The molecule has 7 nitrogen and oxygen atoms in total. The lowest BCUT2D eigenvalue weighted by atomic mass is 10.0. The molecule has 2 unspecified atom stereocenters. The molecule has 1 aliphatic heterocycles. The molecule has 1 aliphatic rings. The van der Waals surface area contributed by atoms with Gasteiger partial charge in [-0.05, 0) is 18.8 Å². The predicted octanol–water partition coefficient (Wildman–Crippen LogP) is 2.15. The Labute approximate surface area is 123 Å². The summed E-state index contributed by atoms with van der Waals surface area (Å²) in [5, 5.41) is 13.9. The van der Waals surface area contributed by atoms with Crippen molar-refractivity contribution in [3.63, 3.8) is 0 Å². The van der Waals surface area contributed by atoms with Gasteiger partial charge in [0, 0.05) is 25.7 Å². The van der Waals surface area contributed by atoms with Crippen molar-refractivity contribution < 1.29 is 9.72 Å². The fourth-order valence-corrected chi connectivity index (χ4v) is 2.49. The fraction of sp³-hybridized carbons (Fsp3) is 0.571. The minimum Gasteiger partial charge on any atom is -0.370 e. The van der Waals surface area contributed by atoms with Crippen LogP contribution in [0.5, 0.6) is 0 Å². The molecule has 1 saturated heterocycles. The third kappa shape index (κ3) is 3.12. The summed E-state index contributed by atoms with van der Waals surface area (Å²) in [6, 6.07) is 1.31. The van der Waals surface area contributed by atoms with E-state index in [9.17, 15) is 14.9 Å². The van der Waals surface area contributed by atoms with E-state index in [-0.39, 0.29) is 17.2 Å². The summed E-state index contributed by atoms with van der Waals surface area (Å²) < 4.78 is 0. The molecule has 2 atom stereocenters. The number of nitro groups is 1. The van der Waals surface area contributed by atoms with E-state index in [0.717, 1.165) is 0 Å². The molecule has 1 amide bonds. The first kappa shape index (κ1) is 15.2. The first-order chi connectivity index (χ1) is 9.93. The molecule has 0 radical (unpaired) electrons. The zero-order chi connectivity index (χ0) is 15.6. The molecule has 0 spiro atoms. The number of carbonyl (C=O) groups excluding carboxylic acids is 1. The Hall–Kier alpha value is -2.18. The van der Waals surface area contributed by atoms with Gasteiger partial charge in [-0.1, -0.05) is 13.8 Å². The molecule has 2 heterocycles. The topological polar surface area (TPSA) is 88.4 Å². The Morgan fingerprint density at radius 1 is 1.48 bits per heavy atom. The summed E-state index contributed by atoms with van der Waals surface area (Å²) in [6.07, 6.45) is 1.17. The van der Waals surface area contributed by atoms with Crippen molar-refractivity contribution in [2.45, 2.75) is 20.8 Å². The number of hydrogen-bond donors (Lipinski definition) is 1. The number of amides is 1. The second-order valence-corrected chi connectivity index (χ2v) is 5.54. The van der Waals surface area contributed by atoms with Crippen molar-refractivity contribution in [3.8, 4) is 0 Å². The summed E-state index contributed by atoms with van der Waals surface area (Å²) in [5.74, 6) is 1.07. The van der Waals surface area contributed by atoms with Gasteiger partial charge in [0.15, 0.2) is 0 Å². The van der Waals surface area contributed by atoms with E-state index < -0.39 is 4.92 Å². The van der Waals surface area contributed by atoms with Crippen LogP contribution in [0.1, 0.15) is 31.1 Å². The monoisotopic (exact) mass is 292 g/mol. The molecule has 114 valence electrons. The van der Waals surface area contributed by atoms with E-state index in [0.29, 0.717) is 37.3 Å². The van der Waals surface area contributed by atoms with Gasteiger partial charge in [0.2, 0.25) is 0 Å². The maximum absolute atomic E-state index is 12.6. The molecule has 1 aromatic heterocycles. The Kier molecular flexibility index (Phi) is 4.40. The van der Waals surface area contributed by atoms with Crippen LogP contribution in [0.3, 0.4) is 0 Å². The van der Waals surface area contributed by atoms with E-state index >= 15 is 0 Å². The van der Waals surface area contributed by atoms with Crippen LogP contribution in [-0.2, 0) is 0 Å². The Morgan fingerprint density at radius 2 is 2.10 bits per heavy atom. The summed E-state index contributed by atoms with van der Waals surface area (Å²) in [4.78, 5) is 28.8. The second kappa shape index (κ2) is 6.07. The molecular formula is C14H20N4O3. The Morgan fingerprint density at radius 3 is 2.62 bits per heavy atom. The molecule has 2 rings (SSSR count). The van der Waals surface area contributed by atoms with Gasteiger partial charge < -0.3 is 10.2 Å². The highest BCUT2D eigenvalue weighted by molar-refractivity contribution is 5.99. The van der Waals surface area contributed by atoms with Crippen molar-refractivity contribution in [1.82, 2.24) is 9.88 Å². The number of aromatic nitrogens is 1. The fourth-order valence-electron chi connectivity index (χ4n) is 2.49. The standard InChI is InChI=1S/C14H20N4O3/c1-4-15-13-12(5-11(6-16-13)18(20)21)14(19)17-7-9(2)10(3)8-17/h5-6,9-10H,4,7-8H2,1-3H3,(H,15,16). The van der Waals surface area contributed by atoms with Gasteiger partial charge in [-0.3, -0.25) is 14.9 Å². The van der Waals surface area contributed by atoms with Crippen LogP contribution in [0.15, 0.2) is 12.3 Å². The SMILES string of the molecule is CCNc1ncc([N+](=O)[O-])cc1C(=O)N1CC(C)C(C)C1. The van der Waals surface area contributed by atoms with E-state index in [2.05, 4.69) is 24.1 Å². The Balaban J connectivity index is 2.33. The summed E-state index contributed by atoms with van der Waals surface area (Å²) in [7, 11) is 0. The maximum atomic E-state index is 12.6. The molecule has 7 heteroatoms. The van der Waals surface area contributed by atoms with Crippen molar-refractivity contribution in [3.05, 3.63) is 27.9 Å². The van der Waals surface area contributed by atoms with Gasteiger partial charge in [0.25, 0.3) is 11.6 Å². The lowest BCUT2D eigenvalue weighted by Crippen LogP contribution is -2.30. The van der Waals surface area contributed by atoms with Crippen LogP contribution in [-0.4, -0.2) is 40.3 Å². The van der Waals surface area contributed by atoms with Crippen LogP contribution in [0.4, 0.5) is 11.5 Å². The number of nitrogens with zero attached hydrogens (tertiary/aromatic N) is 3. The molecule has 1 aromatic rings. The van der Waals surface area contributed by atoms with Crippen molar-refractivity contribution in [2.75, 3.05) is 25.0 Å². The zero-order valence-corrected chi connectivity index (χ0v) is 12.5. The quantitative estimate of drug-likeness (QED) is 0.678. The number of anilines is 1. The summed E-state index contributed by atoms with van der Waals surface area (Å²) in [6.45, 7) is 8.04. The van der Waals surface area contributed by atoms with Crippen molar-refractivity contribution in [2.24, 2.45) is 11.8 Å². The number of carbonyl (C=O) groups is 1. The minimum atomic E-state index is -0.533. The molecule has 0 aliphatic carbocycles. The van der Waals surface area contributed by atoms with Gasteiger partial charge in [-0.2, -0.15) is 0 Å². The smallest absolute Gasteiger partial charge is 0.288 e. The van der Waals surface area contributed by atoms with E-state index in [1.54, 1.807) is 4.90 Å². The average Bonchev–Trinajstić information content (AvgIpc) is 2.78. The van der Waals surface area contributed by atoms with Crippen LogP contribution in [0, 0.1) is 22.0 Å². The first-order valence-electron chi connectivity index (χ1n) is 7.11. The number of pyridine rings is 1. The van der Waals surface area contributed by atoms with Crippen LogP contribution in [0.25, 0.3) is 0 Å². The number of nitrogens with one attached hydrogen (secondary N) is 1. The van der Waals surface area contributed by atoms with E-state index in [1.807, 2.05) is 6.92 Å². The normalized spacial score (nSPS) is 21.4. The summed E-state index contributed by atoms with van der Waals surface area (Å²) >= 11 is 0. The third-order valence-corrected chi connectivity index (χ3v) is 3.93. The first-order valence-corrected chi connectivity index (χ1v) is 7.11. The van der Waals surface area contributed by atoms with Gasteiger partial charge in [0.1, 0.15) is 12.0 Å². The van der Waals surface area contributed by atoms with Gasteiger partial charge >= 0.3 is 0 Å². The van der Waals surface area contributed by atoms with E-state index in [4.69, 9.17) is 0 Å². The van der Waals surface area contributed by atoms with Crippen molar-refractivity contribution >= 4 is 17.4 Å². The average molecular weight is 292 g/mol. The highest BCUT2D eigenvalue weighted by atomic mass is 16.6. The highest BCUT2D eigenvalue weighted by Gasteiger charge is 2.31. The molecule has 0 saturated carbocycles. The minimum absolute atomic E-state index is 0.166. The van der Waals surface area contributed by atoms with Gasteiger partial charge in [-0.15, -0.1) is 0 Å². The van der Waals surface area contributed by atoms with Crippen molar-refractivity contribution in [1.29, 1.82) is 0 Å². The van der Waals surface area contributed by atoms with Crippen LogP contribution >= 0.6 is 0 Å². The molecule has 21 heavy (non-hydrogen) atoms. The molecule has 1 N–H and O–H groups in total.